The Balaban J connectivity index is 1.79. The highest BCUT2D eigenvalue weighted by Crippen LogP contribution is 2.10. The number of rotatable bonds is 6. The Morgan fingerprint density at radius 3 is 2.94 bits per heavy atom. The molecule has 18 heavy (non-hydrogen) atoms. The first-order valence-electron chi connectivity index (χ1n) is 6.24. The van der Waals surface area contributed by atoms with Gasteiger partial charge >= 0.3 is 0 Å². The molecule has 0 bridgehead atoms. The van der Waals surface area contributed by atoms with Crippen LogP contribution in [0.2, 0.25) is 0 Å². The first kappa shape index (κ1) is 12.8. The summed E-state index contributed by atoms with van der Waals surface area (Å²) >= 11 is 0. The second kappa shape index (κ2) is 5.77. The van der Waals surface area contributed by atoms with Gasteiger partial charge < -0.3 is 9.84 Å². The summed E-state index contributed by atoms with van der Waals surface area (Å²) in [5.41, 5.74) is 1.20. The van der Waals surface area contributed by atoms with E-state index < -0.39 is 0 Å². The van der Waals surface area contributed by atoms with Gasteiger partial charge in [0.1, 0.15) is 0 Å². The van der Waals surface area contributed by atoms with E-state index in [4.69, 9.17) is 4.52 Å². The maximum Gasteiger partial charge on any atom is 0.223 e. The van der Waals surface area contributed by atoms with Crippen molar-refractivity contribution in [2.75, 3.05) is 6.54 Å². The molecule has 2 aromatic rings. The number of hydrogen-bond donors (Lipinski definition) is 1. The maximum atomic E-state index is 4.92. The molecule has 0 radical (unpaired) electrons. The predicted octanol–water partition coefficient (Wildman–Crippen LogP) is 1.49. The molecular weight excluding hydrogens is 230 g/mol. The lowest BCUT2D eigenvalue weighted by atomic mass is 10.2. The van der Waals surface area contributed by atoms with Crippen LogP contribution in [0.25, 0.3) is 0 Å². The number of nitrogens with zero attached hydrogens (tertiary/aromatic N) is 4. The van der Waals surface area contributed by atoms with E-state index in [9.17, 15) is 0 Å². The standard InChI is InChI=1S/C12H19N5O/c1-4-17-8-11(7-14-17)9(2)13-6-5-12-15-10(3)18-16-12/h7-9,13H,4-6H2,1-3H3. The molecule has 0 aliphatic carbocycles. The minimum atomic E-state index is 0.276. The third kappa shape index (κ3) is 3.16. The molecule has 0 spiro atoms. The average Bonchev–Trinajstić information content (AvgIpc) is 2.98. The molecule has 1 atom stereocenters. The molecule has 0 saturated carbocycles. The highest BCUT2D eigenvalue weighted by Gasteiger charge is 2.08. The largest absolute Gasteiger partial charge is 0.340 e. The lowest BCUT2D eigenvalue weighted by Crippen LogP contribution is -2.21. The molecule has 6 nitrogen and oxygen atoms in total. The molecular formula is C12H19N5O. The van der Waals surface area contributed by atoms with Crippen molar-refractivity contribution in [2.45, 2.75) is 39.8 Å². The van der Waals surface area contributed by atoms with Gasteiger partial charge in [-0.1, -0.05) is 5.16 Å². The fraction of sp³-hybridized carbons (Fsp3) is 0.583. The maximum absolute atomic E-state index is 4.92. The summed E-state index contributed by atoms with van der Waals surface area (Å²) in [6.07, 6.45) is 4.74. The van der Waals surface area contributed by atoms with Crippen LogP contribution in [0.5, 0.6) is 0 Å². The monoisotopic (exact) mass is 249 g/mol. The minimum absolute atomic E-state index is 0.276. The highest BCUT2D eigenvalue weighted by atomic mass is 16.5. The minimum Gasteiger partial charge on any atom is -0.340 e. The van der Waals surface area contributed by atoms with Crippen LogP contribution in [0.3, 0.4) is 0 Å². The van der Waals surface area contributed by atoms with Gasteiger partial charge in [-0.25, -0.2) is 0 Å². The van der Waals surface area contributed by atoms with Crippen molar-refractivity contribution in [1.29, 1.82) is 0 Å². The zero-order valence-corrected chi connectivity index (χ0v) is 11.1. The van der Waals surface area contributed by atoms with E-state index in [0.717, 1.165) is 25.3 Å². The van der Waals surface area contributed by atoms with Crippen LogP contribution < -0.4 is 5.32 Å². The first-order valence-corrected chi connectivity index (χ1v) is 6.24. The van der Waals surface area contributed by atoms with Crippen molar-refractivity contribution in [3.05, 3.63) is 29.7 Å². The van der Waals surface area contributed by atoms with Gasteiger partial charge in [0, 0.05) is 44.2 Å². The molecule has 0 fully saturated rings. The Hall–Kier alpha value is -1.69. The lowest BCUT2D eigenvalue weighted by Gasteiger charge is -2.10. The van der Waals surface area contributed by atoms with Gasteiger partial charge in [-0.15, -0.1) is 0 Å². The zero-order chi connectivity index (χ0) is 13.0. The summed E-state index contributed by atoms with van der Waals surface area (Å²) in [5, 5.41) is 11.5. The molecule has 2 aromatic heterocycles. The Labute approximate surface area is 106 Å². The topological polar surface area (TPSA) is 68.8 Å². The van der Waals surface area contributed by atoms with Crippen LogP contribution in [-0.2, 0) is 13.0 Å². The van der Waals surface area contributed by atoms with Gasteiger partial charge in [0.05, 0.1) is 6.20 Å². The Morgan fingerprint density at radius 1 is 1.50 bits per heavy atom. The van der Waals surface area contributed by atoms with Crippen LogP contribution in [0, 0.1) is 6.92 Å². The van der Waals surface area contributed by atoms with E-state index in [1.54, 1.807) is 6.92 Å². The fourth-order valence-corrected chi connectivity index (χ4v) is 1.74. The molecule has 0 aliphatic heterocycles. The predicted molar refractivity (Wildman–Crippen MR) is 67.1 cm³/mol. The Morgan fingerprint density at radius 2 is 2.33 bits per heavy atom. The molecule has 0 aliphatic rings. The van der Waals surface area contributed by atoms with E-state index in [1.165, 1.54) is 5.56 Å². The quantitative estimate of drug-likeness (QED) is 0.840. The van der Waals surface area contributed by atoms with Gasteiger partial charge in [-0.05, 0) is 13.8 Å². The highest BCUT2D eigenvalue weighted by molar-refractivity contribution is 5.09. The summed E-state index contributed by atoms with van der Waals surface area (Å²) in [6, 6.07) is 0.276. The van der Waals surface area contributed by atoms with Crippen molar-refractivity contribution < 1.29 is 4.52 Å². The number of aromatic nitrogens is 4. The smallest absolute Gasteiger partial charge is 0.223 e. The average molecular weight is 249 g/mol. The van der Waals surface area contributed by atoms with Crippen molar-refractivity contribution in [2.24, 2.45) is 0 Å². The Bertz CT molecular complexity index is 490. The Kier molecular flexibility index (Phi) is 4.09. The van der Waals surface area contributed by atoms with Gasteiger partial charge in [-0.2, -0.15) is 10.1 Å². The summed E-state index contributed by atoms with van der Waals surface area (Å²) in [6.45, 7) is 7.71. The lowest BCUT2D eigenvalue weighted by molar-refractivity contribution is 0.386. The van der Waals surface area contributed by atoms with Gasteiger partial charge in [0.25, 0.3) is 0 Å². The number of hydrogen-bond acceptors (Lipinski definition) is 5. The normalized spacial score (nSPS) is 12.8. The van der Waals surface area contributed by atoms with Crippen molar-refractivity contribution >= 4 is 0 Å². The first-order chi connectivity index (χ1) is 8.69. The van der Waals surface area contributed by atoms with Gasteiger partial charge in [0.15, 0.2) is 5.82 Å². The third-order valence-electron chi connectivity index (χ3n) is 2.85. The second-order valence-corrected chi connectivity index (χ2v) is 4.28. The number of aryl methyl sites for hydroxylation is 2. The zero-order valence-electron chi connectivity index (χ0n) is 11.1. The van der Waals surface area contributed by atoms with Crippen LogP contribution in [-0.4, -0.2) is 26.5 Å². The van der Waals surface area contributed by atoms with Crippen LogP contribution in [0.4, 0.5) is 0 Å². The molecule has 2 rings (SSSR count). The van der Waals surface area contributed by atoms with E-state index in [0.29, 0.717) is 5.89 Å². The molecule has 2 heterocycles. The summed E-state index contributed by atoms with van der Waals surface area (Å²) in [7, 11) is 0. The summed E-state index contributed by atoms with van der Waals surface area (Å²) < 4.78 is 6.85. The number of nitrogens with one attached hydrogen (secondary N) is 1. The third-order valence-corrected chi connectivity index (χ3v) is 2.85. The van der Waals surface area contributed by atoms with Crippen molar-refractivity contribution in [3.8, 4) is 0 Å². The molecule has 0 aromatic carbocycles. The molecule has 6 heteroatoms. The molecule has 0 amide bonds. The summed E-state index contributed by atoms with van der Waals surface area (Å²) in [5.74, 6) is 1.36. The van der Waals surface area contributed by atoms with Crippen molar-refractivity contribution in [3.63, 3.8) is 0 Å². The van der Waals surface area contributed by atoms with E-state index in [-0.39, 0.29) is 6.04 Å². The van der Waals surface area contributed by atoms with Crippen LogP contribution in [0.15, 0.2) is 16.9 Å². The van der Waals surface area contributed by atoms with Crippen LogP contribution in [0.1, 0.15) is 37.2 Å². The van der Waals surface area contributed by atoms with Crippen molar-refractivity contribution in [1.82, 2.24) is 25.2 Å². The SMILES string of the molecule is CCn1cc(C(C)NCCc2noc(C)n2)cn1. The van der Waals surface area contributed by atoms with Gasteiger partial charge in [0.2, 0.25) is 5.89 Å². The summed E-state index contributed by atoms with van der Waals surface area (Å²) in [4.78, 5) is 4.16. The molecule has 1 unspecified atom stereocenters. The van der Waals surface area contributed by atoms with E-state index >= 15 is 0 Å². The molecule has 98 valence electrons. The van der Waals surface area contributed by atoms with E-state index in [2.05, 4.69) is 40.6 Å². The molecule has 1 N–H and O–H groups in total. The second-order valence-electron chi connectivity index (χ2n) is 4.28. The molecule has 0 saturated heterocycles. The van der Waals surface area contributed by atoms with Crippen LogP contribution >= 0.6 is 0 Å². The van der Waals surface area contributed by atoms with E-state index in [1.807, 2.05) is 10.9 Å². The fourth-order valence-electron chi connectivity index (χ4n) is 1.74. The van der Waals surface area contributed by atoms with Gasteiger partial charge in [-0.3, -0.25) is 4.68 Å².